The highest BCUT2D eigenvalue weighted by Gasteiger charge is 2.07. The van der Waals surface area contributed by atoms with Gasteiger partial charge in [-0.2, -0.15) is 0 Å². The van der Waals surface area contributed by atoms with Gasteiger partial charge in [-0.05, 0) is 48.9 Å². The number of benzene rings is 1. The molecule has 4 heteroatoms. The zero-order valence-electron chi connectivity index (χ0n) is 11.2. The Bertz CT molecular complexity index is 747. The summed E-state index contributed by atoms with van der Waals surface area (Å²) in [5, 5.41) is 3.96. The van der Waals surface area contributed by atoms with Crippen LogP contribution >= 0.6 is 0 Å². The number of pyridine rings is 1. The third-order valence-electron chi connectivity index (χ3n) is 3.22. The normalized spacial score (nSPS) is 10.7. The van der Waals surface area contributed by atoms with E-state index in [0.29, 0.717) is 12.1 Å². The summed E-state index contributed by atoms with van der Waals surface area (Å²) < 4.78 is 0. The molecule has 0 atom stereocenters. The maximum atomic E-state index is 12.1. The van der Waals surface area contributed by atoms with Crippen LogP contribution in [-0.4, -0.2) is 15.9 Å². The lowest BCUT2D eigenvalue weighted by atomic mass is 10.1. The van der Waals surface area contributed by atoms with Gasteiger partial charge in [-0.15, -0.1) is 0 Å². The molecule has 2 aromatic heterocycles. The number of rotatable bonds is 3. The van der Waals surface area contributed by atoms with Gasteiger partial charge in [0.25, 0.3) is 5.91 Å². The second kappa shape index (κ2) is 5.17. The number of nitrogens with one attached hydrogen (secondary N) is 2. The molecule has 1 amide bonds. The Hall–Kier alpha value is -2.62. The predicted octanol–water partition coefficient (Wildman–Crippen LogP) is 2.80. The summed E-state index contributed by atoms with van der Waals surface area (Å²) in [4.78, 5) is 19.3. The van der Waals surface area contributed by atoms with E-state index >= 15 is 0 Å². The molecule has 2 heterocycles. The molecule has 0 aliphatic rings. The summed E-state index contributed by atoms with van der Waals surface area (Å²) in [6, 6.07) is 11.5. The van der Waals surface area contributed by atoms with Crippen molar-refractivity contribution >= 4 is 16.8 Å². The number of carbonyl (C=O) groups excluding carboxylic acids is 1. The fraction of sp³-hybridized carbons (Fsp3) is 0.125. The molecule has 0 saturated heterocycles. The fourth-order valence-corrected chi connectivity index (χ4v) is 2.20. The molecule has 0 aliphatic carbocycles. The van der Waals surface area contributed by atoms with Gasteiger partial charge in [-0.3, -0.25) is 9.78 Å². The van der Waals surface area contributed by atoms with E-state index in [2.05, 4.69) is 15.3 Å². The molecule has 0 unspecified atom stereocenters. The van der Waals surface area contributed by atoms with Gasteiger partial charge in [0.15, 0.2) is 0 Å². The van der Waals surface area contributed by atoms with Crippen LogP contribution in [0.3, 0.4) is 0 Å². The van der Waals surface area contributed by atoms with Crippen molar-refractivity contribution in [1.29, 1.82) is 0 Å². The lowest BCUT2D eigenvalue weighted by Crippen LogP contribution is -2.22. The third kappa shape index (κ3) is 2.54. The van der Waals surface area contributed by atoms with E-state index in [1.165, 1.54) is 0 Å². The maximum Gasteiger partial charge on any atom is 0.251 e. The standard InChI is InChI=1S/C16H15N3O/c1-11-8-14-9-13(2-3-15(14)19-11)16(20)18-10-12-4-6-17-7-5-12/h2-9,19H,10H2,1H3,(H,18,20). The van der Waals surface area contributed by atoms with Crippen LogP contribution in [0.15, 0.2) is 48.8 Å². The van der Waals surface area contributed by atoms with Crippen molar-refractivity contribution < 1.29 is 4.79 Å². The molecule has 0 aliphatic heterocycles. The van der Waals surface area contributed by atoms with E-state index in [0.717, 1.165) is 22.2 Å². The Kier molecular flexibility index (Phi) is 3.21. The van der Waals surface area contributed by atoms with Crippen molar-refractivity contribution in [2.75, 3.05) is 0 Å². The number of aromatic nitrogens is 2. The first kappa shape index (κ1) is 12.4. The number of fused-ring (bicyclic) bond motifs is 1. The van der Waals surface area contributed by atoms with Gasteiger partial charge in [0.05, 0.1) is 0 Å². The molecule has 0 saturated carbocycles. The first-order chi connectivity index (χ1) is 9.72. The summed E-state index contributed by atoms with van der Waals surface area (Å²) in [6.45, 7) is 2.51. The topological polar surface area (TPSA) is 57.8 Å². The van der Waals surface area contributed by atoms with Crippen LogP contribution < -0.4 is 5.32 Å². The highest BCUT2D eigenvalue weighted by Crippen LogP contribution is 2.16. The first-order valence-electron chi connectivity index (χ1n) is 6.49. The minimum atomic E-state index is -0.0671. The molecular formula is C16H15N3O. The van der Waals surface area contributed by atoms with Gasteiger partial charge in [0, 0.05) is 41.1 Å². The summed E-state index contributed by atoms with van der Waals surface area (Å²) in [5.74, 6) is -0.0671. The van der Waals surface area contributed by atoms with E-state index in [9.17, 15) is 4.79 Å². The number of nitrogens with zero attached hydrogens (tertiary/aromatic N) is 1. The van der Waals surface area contributed by atoms with Crippen molar-refractivity contribution in [2.45, 2.75) is 13.5 Å². The Morgan fingerprint density at radius 1 is 1.20 bits per heavy atom. The molecule has 0 fully saturated rings. The molecule has 1 aromatic carbocycles. The zero-order chi connectivity index (χ0) is 13.9. The number of hydrogen-bond acceptors (Lipinski definition) is 2. The molecule has 3 aromatic rings. The van der Waals surface area contributed by atoms with Crippen molar-refractivity contribution in [2.24, 2.45) is 0 Å². The molecule has 20 heavy (non-hydrogen) atoms. The van der Waals surface area contributed by atoms with Crippen LogP contribution in [0, 0.1) is 6.92 Å². The smallest absolute Gasteiger partial charge is 0.251 e. The number of aromatic amines is 1. The summed E-state index contributed by atoms with van der Waals surface area (Å²) in [5.41, 5.74) is 3.85. The largest absolute Gasteiger partial charge is 0.359 e. The summed E-state index contributed by atoms with van der Waals surface area (Å²) in [7, 11) is 0. The van der Waals surface area contributed by atoms with E-state index in [-0.39, 0.29) is 5.91 Å². The Labute approximate surface area is 116 Å². The average Bonchev–Trinajstić information content (AvgIpc) is 2.85. The van der Waals surface area contributed by atoms with E-state index in [1.54, 1.807) is 12.4 Å². The van der Waals surface area contributed by atoms with Crippen molar-refractivity contribution in [3.8, 4) is 0 Å². The second-order valence-electron chi connectivity index (χ2n) is 4.79. The quantitative estimate of drug-likeness (QED) is 0.765. The number of H-pyrrole nitrogens is 1. The monoisotopic (exact) mass is 265 g/mol. The van der Waals surface area contributed by atoms with Crippen LogP contribution in [0.1, 0.15) is 21.6 Å². The van der Waals surface area contributed by atoms with E-state index in [1.807, 2.05) is 43.3 Å². The minimum Gasteiger partial charge on any atom is -0.359 e. The molecule has 4 nitrogen and oxygen atoms in total. The number of carbonyl (C=O) groups is 1. The highest BCUT2D eigenvalue weighted by molar-refractivity contribution is 5.98. The number of aryl methyl sites for hydroxylation is 1. The lowest BCUT2D eigenvalue weighted by molar-refractivity contribution is 0.0951. The molecule has 0 radical (unpaired) electrons. The zero-order valence-corrected chi connectivity index (χ0v) is 11.2. The summed E-state index contributed by atoms with van der Waals surface area (Å²) in [6.07, 6.45) is 3.44. The molecule has 0 bridgehead atoms. The predicted molar refractivity (Wildman–Crippen MR) is 78.4 cm³/mol. The minimum absolute atomic E-state index is 0.0671. The van der Waals surface area contributed by atoms with Crippen LogP contribution in [0.4, 0.5) is 0 Å². The molecule has 3 rings (SSSR count). The van der Waals surface area contributed by atoms with Crippen LogP contribution in [-0.2, 0) is 6.54 Å². The van der Waals surface area contributed by atoms with Gasteiger partial charge in [-0.25, -0.2) is 0 Å². The Morgan fingerprint density at radius 3 is 2.80 bits per heavy atom. The molecule has 100 valence electrons. The van der Waals surface area contributed by atoms with Gasteiger partial charge in [0.2, 0.25) is 0 Å². The second-order valence-corrected chi connectivity index (χ2v) is 4.79. The molecule has 2 N–H and O–H groups in total. The van der Waals surface area contributed by atoms with Crippen LogP contribution in [0.25, 0.3) is 10.9 Å². The van der Waals surface area contributed by atoms with Crippen LogP contribution in [0.5, 0.6) is 0 Å². The molecule has 0 spiro atoms. The van der Waals surface area contributed by atoms with E-state index < -0.39 is 0 Å². The SMILES string of the molecule is Cc1cc2cc(C(=O)NCc3ccncc3)ccc2[nH]1. The lowest BCUT2D eigenvalue weighted by Gasteiger charge is -2.05. The first-order valence-corrected chi connectivity index (χ1v) is 6.49. The average molecular weight is 265 g/mol. The maximum absolute atomic E-state index is 12.1. The Balaban J connectivity index is 1.75. The summed E-state index contributed by atoms with van der Waals surface area (Å²) >= 11 is 0. The number of amides is 1. The number of hydrogen-bond donors (Lipinski definition) is 2. The van der Waals surface area contributed by atoms with Crippen LogP contribution in [0.2, 0.25) is 0 Å². The van der Waals surface area contributed by atoms with Gasteiger partial charge in [-0.1, -0.05) is 0 Å². The third-order valence-corrected chi connectivity index (χ3v) is 3.22. The fourth-order valence-electron chi connectivity index (χ4n) is 2.20. The van der Waals surface area contributed by atoms with Gasteiger partial charge >= 0.3 is 0 Å². The Morgan fingerprint density at radius 2 is 2.00 bits per heavy atom. The highest BCUT2D eigenvalue weighted by atomic mass is 16.1. The van der Waals surface area contributed by atoms with Crippen molar-refractivity contribution in [3.63, 3.8) is 0 Å². The van der Waals surface area contributed by atoms with Gasteiger partial charge < -0.3 is 10.3 Å². The molecular weight excluding hydrogens is 250 g/mol. The van der Waals surface area contributed by atoms with Gasteiger partial charge in [0.1, 0.15) is 0 Å². The van der Waals surface area contributed by atoms with E-state index in [4.69, 9.17) is 0 Å². The van der Waals surface area contributed by atoms with Crippen molar-refractivity contribution in [3.05, 3.63) is 65.6 Å². The van der Waals surface area contributed by atoms with Crippen molar-refractivity contribution in [1.82, 2.24) is 15.3 Å².